The van der Waals surface area contributed by atoms with Gasteiger partial charge in [-0.25, -0.2) is 18.2 Å². The molecule has 0 saturated carbocycles. The van der Waals surface area contributed by atoms with Crippen molar-refractivity contribution in [1.29, 1.82) is 0 Å². The first-order chi connectivity index (χ1) is 7.29. The first-order valence-electron chi connectivity index (χ1n) is 3.86. The fourth-order valence-corrected chi connectivity index (χ4v) is 1.10. The number of methoxy groups -OCH3 is 1. The number of rotatable bonds is 2. The van der Waals surface area contributed by atoms with Crippen LogP contribution in [-0.2, 0) is 6.18 Å². The standard InChI is InChI=1S/C8H5F6NO/c1-16-5-4(7(10)11)3(9)2-15-6(5)8(12,13)14/h2,7H,1H3. The van der Waals surface area contributed by atoms with Gasteiger partial charge in [-0.3, -0.25) is 0 Å². The van der Waals surface area contributed by atoms with Crippen LogP contribution in [0.15, 0.2) is 6.20 Å². The summed E-state index contributed by atoms with van der Waals surface area (Å²) in [6, 6.07) is 0. The summed E-state index contributed by atoms with van der Waals surface area (Å²) in [6.07, 6.45) is -8.31. The second-order valence-electron chi connectivity index (χ2n) is 2.70. The average molecular weight is 245 g/mol. The highest BCUT2D eigenvalue weighted by Gasteiger charge is 2.39. The Kier molecular flexibility index (Phi) is 3.30. The number of hydrogen-bond acceptors (Lipinski definition) is 2. The fraction of sp³-hybridized carbons (Fsp3) is 0.375. The Labute approximate surface area is 85.9 Å². The van der Waals surface area contributed by atoms with Gasteiger partial charge < -0.3 is 4.74 Å². The minimum Gasteiger partial charge on any atom is -0.494 e. The van der Waals surface area contributed by atoms with E-state index in [1.807, 2.05) is 0 Å². The molecule has 0 aliphatic rings. The van der Waals surface area contributed by atoms with E-state index >= 15 is 0 Å². The molecule has 0 saturated heterocycles. The zero-order chi connectivity index (χ0) is 12.5. The SMILES string of the molecule is COc1c(C(F)(F)F)ncc(F)c1C(F)F. The van der Waals surface area contributed by atoms with Crippen molar-refractivity contribution < 1.29 is 31.1 Å². The molecule has 2 nitrogen and oxygen atoms in total. The van der Waals surface area contributed by atoms with E-state index in [-0.39, 0.29) is 6.20 Å². The number of alkyl halides is 5. The molecule has 0 amide bonds. The second-order valence-corrected chi connectivity index (χ2v) is 2.70. The van der Waals surface area contributed by atoms with Gasteiger partial charge in [0.1, 0.15) is 0 Å². The minimum absolute atomic E-state index is 0.0901. The molecule has 0 bridgehead atoms. The van der Waals surface area contributed by atoms with Crippen molar-refractivity contribution in [3.8, 4) is 5.75 Å². The lowest BCUT2D eigenvalue weighted by Gasteiger charge is -2.14. The van der Waals surface area contributed by atoms with Crippen molar-refractivity contribution in [2.75, 3.05) is 7.11 Å². The van der Waals surface area contributed by atoms with Gasteiger partial charge in [0.05, 0.1) is 18.9 Å². The molecule has 1 aromatic rings. The largest absolute Gasteiger partial charge is 0.494 e. The second kappa shape index (κ2) is 4.18. The van der Waals surface area contributed by atoms with E-state index in [0.717, 1.165) is 7.11 Å². The lowest BCUT2D eigenvalue weighted by atomic mass is 10.2. The van der Waals surface area contributed by atoms with E-state index in [1.54, 1.807) is 0 Å². The van der Waals surface area contributed by atoms with E-state index in [4.69, 9.17) is 0 Å². The Morgan fingerprint density at radius 3 is 2.25 bits per heavy atom. The van der Waals surface area contributed by atoms with Crippen molar-refractivity contribution in [2.24, 2.45) is 0 Å². The van der Waals surface area contributed by atoms with Crippen molar-refractivity contribution in [2.45, 2.75) is 12.6 Å². The van der Waals surface area contributed by atoms with Gasteiger partial charge in [0, 0.05) is 0 Å². The third kappa shape index (κ3) is 2.20. The van der Waals surface area contributed by atoms with Crippen molar-refractivity contribution in [1.82, 2.24) is 4.98 Å². The van der Waals surface area contributed by atoms with E-state index < -0.39 is 35.4 Å². The summed E-state index contributed by atoms with van der Waals surface area (Å²) >= 11 is 0. The summed E-state index contributed by atoms with van der Waals surface area (Å²) in [5.41, 5.74) is -3.11. The zero-order valence-corrected chi connectivity index (χ0v) is 7.78. The van der Waals surface area contributed by atoms with Crippen LogP contribution in [0.25, 0.3) is 0 Å². The van der Waals surface area contributed by atoms with Gasteiger partial charge in [-0.15, -0.1) is 0 Å². The van der Waals surface area contributed by atoms with Gasteiger partial charge in [-0.1, -0.05) is 0 Å². The number of pyridine rings is 1. The summed E-state index contributed by atoms with van der Waals surface area (Å²) in [7, 11) is 0.734. The van der Waals surface area contributed by atoms with Crippen LogP contribution in [0.1, 0.15) is 17.7 Å². The Hall–Kier alpha value is -1.47. The van der Waals surface area contributed by atoms with Gasteiger partial charge in [0.25, 0.3) is 6.43 Å². The van der Waals surface area contributed by atoms with Crippen molar-refractivity contribution in [3.63, 3.8) is 0 Å². The smallest absolute Gasteiger partial charge is 0.437 e. The Morgan fingerprint density at radius 2 is 1.88 bits per heavy atom. The summed E-state index contributed by atoms with van der Waals surface area (Å²) in [4.78, 5) is 2.71. The molecule has 0 aliphatic carbocycles. The molecule has 0 atom stereocenters. The Bertz CT molecular complexity index is 389. The van der Waals surface area contributed by atoms with Crippen molar-refractivity contribution >= 4 is 0 Å². The normalized spacial score (nSPS) is 12.0. The molecule has 0 aromatic carbocycles. The Balaban J connectivity index is 3.49. The summed E-state index contributed by atoms with van der Waals surface area (Å²) in [6.45, 7) is 0. The summed E-state index contributed by atoms with van der Waals surface area (Å²) < 4.78 is 78.6. The molecular weight excluding hydrogens is 240 g/mol. The molecule has 90 valence electrons. The van der Waals surface area contributed by atoms with Gasteiger partial charge >= 0.3 is 6.18 Å². The molecule has 1 heterocycles. The summed E-state index contributed by atoms with van der Waals surface area (Å²) in [5, 5.41) is 0. The first kappa shape index (κ1) is 12.6. The van der Waals surface area contributed by atoms with Crippen LogP contribution in [0, 0.1) is 5.82 Å². The maximum absolute atomic E-state index is 12.9. The topological polar surface area (TPSA) is 22.1 Å². The van der Waals surface area contributed by atoms with E-state index in [1.165, 1.54) is 0 Å². The third-order valence-electron chi connectivity index (χ3n) is 1.71. The molecule has 1 aromatic heterocycles. The highest BCUT2D eigenvalue weighted by molar-refractivity contribution is 5.40. The third-order valence-corrected chi connectivity index (χ3v) is 1.71. The highest BCUT2D eigenvalue weighted by Crippen LogP contribution is 2.40. The van der Waals surface area contributed by atoms with Gasteiger partial charge in [0.15, 0.2) is 17.3 Å². The molecule has 16 heavy (non-hydrogen) atoms. The maximum atomic E-state index is 12.9. The molecule has 0 N–H and O–H groups in total. The number of ether oxygens (including phenoxy) is 1. The van der Waals surface area contributed by atoms with Crippen LogP contribution in [0.5, 0.6) is 5.75 Å². The van der Waals surface area contributed by atoms with Crippen LogP contribution in [0.4, 0.5) is 26.3 Å². The molecule has 0 spiro atoms. The zero-order valence-electron chi connectivity index (χ0n) is 7.78. The van der Waals surface area contributed by atoms with E-state index in [0.29, 0.717) is 0 Å². The first-order valence-corrected chi connectivity index (χ1v) is 3.86. The van der Waals surface area contributed by atoms with Crippen LogP contribution < -0.4 is 4.74 Å². The molecule has 0 fully saturated rings. The van der Waals surface area contributed by atoms with E-state index in [9.17, 15) is 26.3 Å². The van der Waals surface area contributed by atoms with Gasteiger partial charge in [-0.2, -0.15) is 13.2 Å². The predicted molar refractivity (Wildman–Crippen MR) is 40.7 cm³/mol. The monoisotopic (exact) mass is 245 g/mol. The quantitative estimate of drug-likeness (QED) is 0.746. The number of hydrogen-bond donors (Lipinski definition) is 0. The van der Waals surface area contributed by atoms with Gasteiger partial charge in [-0.05, 0) is 0 Å². The van der Waals surface area contributed by atoms with Crippen LogP contribution in [0.3, 0.4) is 0 Å². The molecule has 0 radical (unpaired) electrons. The molecule has 8 heteroatoms. The molecule has 1 rings (SSSR count). The highest BCUT2D eigenvalue weighted by atomic mass is 19.4. The fourth-order valence-electron chi connectivity index (χ4n) is 1.10. The van der Waals surface area contributed by atoms with E-state index in [2.05, 4.69) is 9.72 Å². The molecule has 0 unspecified atom stereocenters. The number of halogens is 6. The van der Waals surface area contributed by atoms with Crippen LogP contribution >= 0.6 is 0 Å². The van der Waals surface area contributed by atoms with Crippen LogP contribution in [-0.4, -0.2) is 12.1 Å². The minimum atomic E-state index is -4.98. The Morgan fingerprint density at radius 1 is 1.31 bits per heavy atom. The number of aromatic nitrogens is 1. The molecular formula is C8H5F6NO. The molecule has 0 aliphatic heterocycles. The lowest BCUT2D eigenvalue weighted by molar-refractivity contribution is -0.142. The summed E-state index contributed by atoms with van der Waals surface area (Å²) in [5.74, 6) is -2.83. The predicted octanol–water partition coefficient (Wildman–Crippen LogP) is 3.19. The maximum Gasteiger partial charge on any atom is 0.437 e. The van der Waals surface area contributed by atoms with Crippen LogP contribution in [0.2, 0.25) is 0 Å². The van der Waals surface area contributed by atoms with Gasteiger partial charge in [0.2, 0.25) is 0 Å². The van der Waals surface area contributed by atoms with Crippen molar-refractivity contribution in [3.05, 3.63) is 23.3 Å². The average Bonchev–Trinajstić information content (AvgIpc) is 2.14. The lowest BCUT2D eigenvalue weighted by Crippen LogP contribution is -2.13. The number of nitrogens with zero attached hydrogens (tertiary/aromatic N) is 1.